The third-order valence-electron chi connectivity index (χ3n) is 7.03. The number of aromatic nitrogens is 4. The molecule has 4 aromatic rings. The number of sulfone groups is 1. The van der Waals surface area contributed by atoms with Gasteiger partial charge in [0.25, 0.3) is 13.5 Å². The zero-order chi connectivity index (χ0) is 27.9. The summed E-state index contributed by atoms with van der Waals surface area (Å²) < 4.78 is 35.2. The molecule has 0 aliphatic rings. The van der Waals surface area contributed by atoms with Crippen molar-refractivity contribution < 1.29 is 12.8 Å². The van der Waals surface area contributed by atoms with Crippen molar-refractivity contribution in [1.29, 1.82) is 0 Å². The number of hydrogen-bond acceptors (Lipinski definition) is 6. The van der Waals surface area contributed by atoms with Gasteiger partial charge in [0.05, 0.1) is 11.4 Å². The fourth-order valence-electron chi connectivity index (χ4n) is 5.22. The average molecular weight is 563 g/mol. The molecule has 0 amide bonds. The Bertz CT molecular complexity index is 1380. The van der Waals surface area contributed by atoms with Crippen LogP contribution < -0.4 is 10.4 Å². The smallest absolute Gasteiger partial charge is 0.272 e. The van der Waals surface area contributed by atoms with E-state index in [4.69, 9.17) is 4.43 Å². The average Bonchev–Trinajstić information content (AvgIpc) is 3.44. The Labute approximate surface area is 233 Å². The largest absolute Gasteiger partial charge is 0.404 e. The van der Waals surface area contributed by atoms with Crippen molar-refractivity contribution in [3.63, 3.8) is 0 Å². The molecule has 0 saturated heterocycles. The second-order valence-corrected chi connectivity index (χ2v) is 17.1. The number of hydrogen-bond donors (Lipinski definition) is 0. The van der Waals surface area contributed by atoms with Gasteiger partial charge in [-0.2, -0.15) is 4.68 Å². The van der Waals surface area contributed by atoms with Gasteiger partial charge in [-0.3, -0.25) is 0 Å². The maximum Gasteiger partial charge on any atom is 0.272 e. The van der Waals surface area contributed by atoms with Gasteiger partial charge in [-0.25, -0.2) is 8.42 Å². The summed E-state index contributed by atoms with van der Waals surface area (Å²) in [5.74, 6) is -0.0511. The van der Waals surface area contributed by atoms with Gasteiger partial charge in [-0.05, 0) is 57.2 Å². The van der Waals surface area contributed by atoms with Crippen LogP contribution in [0.25, 0.3) is 5.69 Å². The normalized spacial score (nSPS) is 13.3. The van der Waals surface area contributed by atoms with Crippen LogP contribution in [0.4, 0.5) is 0 Å². The molecule has 0 N–H and O–H groups in total. The summed E-state index contributed by atoms with van der Waals surface area (Å²) in [6.07, 6.45) is 2.80. The predicted octanol–water partition coefficient (Wildman–Crippen LogP) is 4.96. The molecular formula is C30H38N4O3SSi. The van der Waals surface area contributed by atoms with Crippen molar-refractivity contribution in [2.45, 2.75) is 69.7 Å². The van der Waals surface area contributed by atoms with Crippen LogP contribution in [0.1, 0.15) is 53.4 Å². The first-order chi connectivity index (χ1) is 18.7. The Morgan fingerprint density at radius 1 is 0.846 bits per heavy atom. The maximum absolute atomic E-state index is 13.3. The van der Waals surface area contributed by atoms with Crippen molar-refractivity contribution in [3.8, 4) is 5.69 Å². The number of nitrogens with zero attached hydrogens (tertiary/aromatic N) is 4. The molecule has 0 radical (unpaired) electrons. The molecule has 0 fully saturated rings. The highest BCUT2D eigenvalue weighted by molar-refractivity contribution is 7.91. The van der Waals surface area contributed by atoms with Crippen molar-refractivity contribution in [1.82, 2.24) is 20.2 Å². The Balaban J connectivity index is 1.59. The Hall–Kier alpha value is -3.14. The molecule has 39 heavy (non-hydrogen) atoms. The van der Waals surface area contributed by atoms with Gasteiger partial charge in [0.2, 0.25) is 9.84 Å². The van der Waals surface area contributed by atoms with E-state index in [9.17, 15) is 8.42 Å². The van der Waals surface area contributed by atoms with Crippen LogP contribution in [0.2, 0.25) is 5.04 Å². The van der Waals surface area contributed by atoms with Crippen LogP contribution in [-0.2, 0) is 14.3 Å². The molecule has 4 rings (SSSR count). The van der Waals surface area contributed by atoms with Crippen LogP contribution in [-0.4, -0.2) is 48.8 Å². The lowest BCUT2D eigenvalue weighted by Crippen LogP contribution is -2.67. The van der Waals surface area contributed by atoms with E-state index in [2.05, 4.69) is 91.8 Å². The fourth-order valence-corrected chi connectivity index (χ4v) is 11.3. The molecule has 206 valence electrons. The summed E-state index contributed by atoms with van der Waals surface area (Å²) in [6, 6.07) is 30.2. The molecular weight excluding hydrogens is 525 g/mol. The molecule has 0 bridgehead atoms. The van der Waals surface area contributed by atoms with Crippen molar-refractivity contribution in [3.05, 3.63) is 91.0 Å². The number of rotatable bonds is 12. The maximum atomic E-state index is 13.3. The van der Waals surface area contributed by atoms with E-state index < -0.39 is 18.2 Å². The minimum atomic E-state index is -3.70. The fraction of sp³-hybridized carbons (Fsp3) is 0.367. The first kappa shape index (κ1) is 28.9. The van der Waals surface area contributed by atoms with E-state index in [-0.39, 0.29) is 22.1 Å². The SMILES string of the molecule is CCC[C@H](CCCS(=O)(=O)c1nnnn1-c1ccccc1)O[Si](c1ccccc1)(c1ccccc1)C(C)(C)C. The zero-order valence-electron chi connectivity index (χ0n) is 23.2. The van der Waals surface area contributed by atoms with Crippen molar-refractivity contribution in [2.24, 2.45) is 0 Å². The highest BCUT2D eigenvalue weighted by Gasteiger charge is 2.51. The summed E-state index contributed by atoms with van der Waals surface area (Å²) in [5.41, 5.74) is 0.611. The van der Waals surface area contributed by atoms with E-state index in [1.54, 1.807) is 12.1 Å². The molecule has 0 aliphatic carbocycles. The highest BCUT2D eigenvalue weighted by Crippen LogP contribution is 2.38. The van der Waals surface area contributed by atoms with Gasteiger partial charge < -0.3 is 4.43 Å². The minimum Gasteiger partial charge on any atom is -0.404 e. The van der Waals surface area contributed by atoms with Gasteiger partial charge in [0.1, 0.15) is 0 Å². The molecule has 1 heterocycles. The Morgan fingerprint density at radius 2 is 1.38 bits per heavy atom. The molecule has 0 unspecified atom stereocenters. The van der Waals surface area contributed by atoms with Gasteiger partial charge in [-0.15, -0.1) is 0 Å². The van der Waals surface area contributed by atoms with Crippen LogP contribution in [0, 0.1) is 0 Å². The predicted molar refractivity (Wildman–Crippen MR) is 158 cm³/mol. The lowest BCUT2D eigenvalue weighted by Gasteiger charge is -2.45. The molecule has 9 heteroatoms. The van der Waals surface area contributed by atoms with Crippen LogP contribution in [0.5, 0.6) is 0 Å². The van der Waals surface area contributed by atoms with E-state index >= 15 is 0 Å². The van der Waals surface area contributed by atoms with E-state index in [0.29, 0.717) is 18.5 Å². The summed E-state index contributed by atoms with van der Waals surface area (Å²) >= 11 is 0. The molecule has 1 atom stereocenters. The first-order valence-corrected chi connectivity index (χ1v) is 17.1. The van der Waals surface area contributed by atoms with Gasteiger partial charge in [-0.1, -0.05) is 118 Å². The number of para-hydroxylation sites is 1. The molecule has 0 spiro atoms. The molecule has 0 saturated carbocycles. The monoisotopic (exact) mass is 562 g/mol. The van der Waals surface area contributed by atoms with Crippen molar-refractivity contribution in [2.75, 3.05) is 5.75 Å². The van der Waals surface area contributed by atoms with Crippen LogP contribution >= 0.6 is 0 Å². The third kappa shape index (κ3) is 6.37. The molecule has 0 aliphatic heterocycles. The summed E-state index contributed by atoms with van der Waals surface area (Å²) in [7, 11) is -6.44. The lowest BCUT2D eigenvalue weighted by molar-refractivity contribution is 0.166. The van der Waals surface area contributed by atoms with Crippen LogP contribution in [0.15, 0.2) is 96.2 Å². The molecule has 7 nitrogen and oxygen atoms in total. The topological polar surface area (TPSA) is 87.0 Å². The van der Waals surface area contributed by atoms with Gasteiger partial charge in [0.15, 0.2) is 0 Å². The van der Waals surface area contributed by atoms with E-state index in [1.165, 1.54) is 15.1 Å². The van der Waals surface area contributed by atoms with Crippen molar-refractivity contribution >= 4 is 28.5 Å². The standard InChI is InChI=1S/C30H38N4O3SSi/c1-5-16-26(19-15-24-38(35,36)29-31-32-33-34(29)25-17-9-6-10-18-25)37-39(30(2,3)4,27-20-11-7-12-21-27)28-22-13-8-14-23-28/h6-14,17-18,20-23,26H,5,15-16,19,24H2,1-4H3/t26-/m1/s1. The van der Waals surface area contributed by atoms with Gasteiger partial charge >= 0.3 is 0 Å². The summed E-state index contributed by atoms with van der Waals surface area (Å²) in [6.45, 7) is 8.93. The quantitative estimate of drug-likeness (QED) is 0.227. The second kappa shape index (κ2) is 12.4. The third-order valence-corrected chi connectivity index (χ3v) is 13.8. The van der Waals surface area contributed by atoms with Gasteiger partial charge in [0, 0.05) is 6.10 Å². The first-order valence-electron chi connectivity index (χ1n) is 13.5. The Morgan fingerprint density at radius 3 is 1.90 bits per heavy atom. The highest BCUT2D eigenvalue weighted by atomic mass is 32.2. The van der Waals surface area contributed by atoms with Crippen LogP contribution in [0.3, 0.4) is 0 Å². The van der Waals surface area contributed by atoms with E-state index in [0.717, 1.165) is 12.8 Å². The summed E-state index contributed by atoms with van der Waals surface area (Å²) in [4.78, 5) is 0. The summed E-state index contributed by atoms with van der Waals surface area (Å²) in [5, 5.41) is 13.6. The lowest BCUT2D eigenvalue weighted by atomic mass is 10.1. The number of tetrazole rings is 1. The zero-order valence-corrected chi connectivity index (χ0v) is 25.0. The molecule has 3 aromatic carbocycles. The Kier molecular flexibility index (Phi) is 9.14. The second-order valence-electron chi connectivity index (χ2n) is 10.9. The number of benzene rings is 3. The van der Waals surface area contributed by atoms with E-state index in [1.807, 2.05) is 30.3 Å². The molecule has 1 aromatic heterocycles. The minimum absolute atomic E-state index is 0.0511.